The minimum Gasteiger partial charge on any atom is -0.507 e. The molecule has 0 unspecified atom stereocenters. The summed E-state index contributed by atoms with van der Waals surface area (Å²) >= 11 is 5.98. The first kappa shape index (κ1) is 23.9. The van der Waals surface area contributed by atoms with E-state index < -0.39 is 5.97 Å². The predicted molar refractivity (Wildman–Crippen MR) is 135 cm³/mol. The van der Waals surface area contributed by atoms with Gasteiger partial charge in [0.05, 0.1) is 13.7 Å². The van der Waals surface area contributed by atoms with Gasteiger partial charge < -0.3 is 19.8 Å². The largest absolute Gasteiger partial charge is 0.507 e. The minimum atomic E-state index is -1.28. The SMILES string of the molecule is COc1ccc(C(=O)N(Cc2ccc(-c3ccc(Cl)cc3)cc2)c2ccc(O)c(C(=O)O)c2)cc1. The fraction of sp³-hybridized carbons (Fsp3) is 0.0714. The van der Waals surface area contributed by atoms with Gasteiger partial charge in [0.2, 0.25) is 0 Å². The number of anilines is 1. The summed E-state index contributed by atoms with van der Waals surface area (Å²) < 4.78 is 5.17. The molecule has 0 aliphatic carbocycles. The van der Waals surface area contributed by atoms with Crippen LogP contribution in [0, 0.1) is 0 Å². The molecular formula is C28H22ClNO5. The maximum Gasteiger partial charge on any atom is 0.339 e. The second kappa shape index (κ2) is 10.3. The Kier molecular flexibility index (Phi) is 7.03. The highest BCUT2D eigenvalue weighted by Gasteiger charge is 2.21. The molecule has 0 bridgehead atoms. The molecule has 0 spiro atoms. The Morgan fingerprint density at radius 2 is 1.46 bits per heavy atom. The van der Waals surface area contributed by atoms with Crippen molar-refractivity contribution in [2.75, 3.05) is 12.0 Å². The Labute approximate surface area is 207 Å². The normalized spacial score (nSPS) is 10.6. The smallest absolute Gasteiger partial charge is 0.339 e. The Morgan fingerprint density at radius 3 is 2.03 bits per heavy atom. The van der Waals surface area contributed by atoms with Crippen molar-refractivity contribution in [2.45, 2.75) is 6.54 Å². The van der Waals surface area contributed by atoms with Crippen LogP contribution in [0.4, 0.5) is 5.69 Å². The molecule has 0 aliphatic rings. The van der Waals surface area contributed by atoms with Gasteiger partial charge in [-0.15, -0.1) is 0 Å². The number of halogens is 1. The first-order valence-corrected chi connectivity index (χ1v) is 11.1. The molecule has 4 rings (SSSR count). The lowest BCUT2D eigenvalue weighted by molar-refractivity contribution is 0.0693. The van der Waals surface area contributed by atoms with Crippen LogP contribution in [0.2, 0.25) is 5.02 Å². The summed E-state index contributed by atoms with van der Waals surface area (Å²) in [5, 5.41) is 20.0. The molecule has 7 heteroatoms. The molecule has 0 heterocycles. The standard InChI is InChI=1S/C28H22ClNO5/c1-35-24-13-8-21(9-14-24)27(32)30(23-12-15-26(31)25(16-23)28(33)34)17-18-2-4-19(5-3-18)20-6-10-22(29)11-7-20/h2-16,31H,17H2,1H3,(H,33,34). The first-order valence-electron chi connectivity index (χ1n) is 10.7. The number of carboxylic acids is 1. The summed E-state index contributed by atoms with van der Waals surface area (Å²) in [5.74, 6) is -1.36. The summed E-state index contributed by atoms with van der Waals surface area (Å²) in [7, 11) is 1.54. The highest BCUT2D eigenvalue weighted by Crippen LogP contribution is 2.28. The van der Waals surface area contributed by atoms with Gasteiger partial charge in [-0.25, -0.2) is 4.79 Å². The van der Waals surface area contributed by atoms with Gasteiger partial charge in [0.15, 0.2) is 0 Å². The summed E-state index contributed by atoms with van der Waals surface area (Å²) in [6, 6.07) is 26.0. The van der Waals surface area contributed by atoms with E-state index in [1.165, 1.54) is 23.1 Å². The number of phenols is 1. The van der Waals surface area contributed by atoms with Crippen LogP contribution in [-0.2, 0) is 6.54 Å². The number of carbonyl (C=O) groups excluding carboxylic acids is 1. The molecule has 176 valence electrons. The zero-order chi connectivity index (χ0) is 24.9. The van der Waals surface area contributed by atoms with Crippen molar-refractivity contribution in [1.82, 2.24) is 0 Å². The summed E-state index contributed by atoms with van der Waals surface area (Å²) in [6.07, 6.45) is 0. The van der Waals surface area contributed by atoms with Gasteiger partial charge in [0.25, 0.3) is 5.91 Å². The average Bonchev–Trinajstić information content (AvgIpc) is 2.88. The minimum absolute atomic E-state index is 0.190. The third kappa shape index (κ3) is 5.45. The molecular weight excluding hydrogens is 466 g/mol. The number of methoxy groups -OCH3 is 1. The number of hydrogen-bond acceptors (Lipinski definition) is 4. The number of carboxylic acid groups (broad SMARTS) is 1. The number of aromatic hydroxyl groups is 1. The molecule has 0 aromatic heterocycles. The zero-order valence-electron chi connectivity index (χ0n) is 18.8. The highest BCUT2D eigenvalue weighted by atomic mass is 35.5. The van der Waals surface area contributed by atoms with Gasteiger partial charge >= 0.3 is 5.97 Å². The number of benzene rings is 4. The van der Waals surface area contributed by atoms with Crippen LogP contribution < -0.4 is 9.64 Å². The molecule has 0 atom stereocenters. The third-order valence-corrected chi connectivity index (χ3v) is 5.83. The first-order chi connectivity index (χ1) is 16.9. The van der Waals surface area contributed by atoms with E-state index in [1.807, 2.05) is 48.5 Å². The van der Waals surface area contributed by atoms with Crippen molar-refractivity contribution in [3.63, 3.8) is 0 Å². The van der Waals surface area contributed by atoms with Gasteiger partial charge in [-0.1, -0.05) is 48.0 Å². The van der Waals surface area contributed by atoms with Gasteiger partial charge in [-0.3, -0.25) is 4.79 Å². The van der Waals surface area contributed by atoms with Crippen molar-refractivity contribution in [3.8, 4) is 22.6 Å². The second-order valence-corrected chi connectivity index (χ2v) is 8.27. The number of ether oxygens (including phenoxy) is 1. The number of amides is 1. The fourth-order valence-corrected chi connectivity index (χ4v) is 3.79. The average molecular weight is 488 g/mol. The van der Waals surface area contributed by atoms with Crippen LogP contribution in [0.3, 0.4) is 0 Å². The molecule has 1 amide bonds. The van der Waals surface area contributed by atoms with Gasteiger partial charge in [-0.2, -0.15) is 0 Å². The lowest BCUT2D eigenvalue weighted by Gasteiger charge is -2.24. The third-order valence-electron chi connectivity index (χ3n) is 5.58. The number of aromatic carboxylic acids is 1. The Bertz CT molecular complexity index is 1350. The highest BCUT2D eigenvalue weighted by molar-refractivity contribution is 6.30. The van der Waals surface area contributed by atoms with Crippen LogP contribution in [-0.4, -0.2) is 29.2 Å². The molecule has 2 N–H and O–H groups in total. The summed E-state index contributed by atoms with van der Waals surface area (Å²) in [4.78, 5) is 26.5. The van der Waals surface area contributed by atoms with Crippen molar-refractivity contribution in [3.05, 3.63) is 113 Å². The van der Waals surface area contributed by atoms with Gasteiger partial charge in [0, 0.05) is 16.3 Å². The molecule has 0 saturated carbocycles. The molecule has 0 radical (unpaired) electrons. The summed E-state index contributed by atoms with van der Waals surface area (Å²) in [5.41, 5.74) is 3.33. The second-order valence-electron chi connectivity index (χ2n) is 7.83. The van der Waals surface area contributed by atoms with Crippen LogP contribution in [0.5, 0.6) is 11.5 Å². The van der Waals surface area contributed by atoms with Gasteiger partial charge in [0.1, 0.15) is 17.1 Å². The molecule has 0 aliphatic heterocycles. The molecule has 6 nitrogen and oxygen atoms in total. The maximum atomic E-state index is 13.5. The lowest BCUT2D eigenvalue weighted by Crippen LogP contribution is -2.30. The maximum absolute atomic E-state index is 13.5. The number of carbonyl (C=O) groups is 2. The molecule has 0 saturated heterocycles. The van der Waals surface area contributed by atoms with Crippen LogP contribution in [0.25, 0.3) is 11.1 Å². The van der Waals surface area contributed by atoms with E-state index in [-0.39, 0.29) is 23.8 Å². The van der Waals surface area contributed by atoms with Crippen LogP contribution in [0.15, 0.2) is 91.0 Å². The number of hydrogen-bond donors (Lipinski definition) is 2. The molecule has 0 fully saturated rings. The lowest BCUT2D eigenvalue weighted by atomic mass is 10.0. The van der Waals surface area contributed by atoms with Crippen molar-refractivity contribution in [2.24, 2.45) is 0 Å². The van der Waals surface area contributed by atoms with E-state index in [4.69, 9.17) is 16.3 Å². The molecule has 4 aromatic carbocycles. The van der Waals surface area contributed by atoms with Gasteiger partial charge in [-0.05, 0) is 71.3 Å². The quantitative estimate of drug-likeness (QED) is 0.321. The van der Waals surface area contributed by atoms with Crippen molar-refractivity contribution < 1.29 is 24.5 Å². The monoisotopic (exact) mass is 487 g/mol. The number of rotatable bonds is 7. The number of nitrogens with zero attached hydrogens (tertiary/aromatic N) is 1. The summed E-state index contributed by atoms with van der Waals surface area (Å²) in [6.45, 7) is 0.190. The zero-order valence-corrected chi connectivity index (χ0v) is 19.6. The van der Waals surface area contributed by atoms with E-state index in [0.29, 0.717) is 22.0 Å². The Balaban J connectivity index is 1.68. The Hall–Kier alpha value is -4.29. The van der Waals surface area contributed by atoms with E-state index in [2.05, 4.69) is 0 Å². The van der Waals surface area contributed by atoms with Crippen molar-refractivity contribution >= 4 is 29.2 Å². The van der Waals surface area contributed by atoms with E-state index >= 15 is 0 Å². The Morgan fingerprint density at radius 1 is 0.857 bits per heavy atom. The fourth-order valence-electron chi connectivity index (χ4n) is 3.66. The van der Waals surface area contributed by atoms with E-state index in [9.17, 15) is 19.8 Å². The predicted octanol–water partition coefficient (Wildman–Crippen LogP) is 6.27. The topological polar surface area (TPSA) is 87.1 Å². The molecule has 4 aromatic rings. The van der Waals surface area contributed by atoms with Crippen LogP contribution in [0.1, 0.15) is 26.3 Å². The van der Waals surface area contributed by atoms with E-state index in [1.54, 1.807) is 31.4 Å². The molecule has 35 heavy (non-hydrogen) atoms. The van der Waals surface area contributed by atoms with E-state index in [0.717, 1.165) is 16.7 Å². The van der Waals surface area contributed by atoms with Crippen LogP contribution >= 0.6 is 11.6 Å². The van der Waals surface area contributed by atoms with Crippen molar-refractivity contribution in [1.29, 1.82) is 0 Å².